The Labute approximate surface area is 172 Å². The average molecular weight is 385 g/mol. The SMILES string of the molecule is ClCC=Cc1ccccc1.c1ccc2c(c1)ccc1c3c(ccc12)CCCC3. The van der Waals surface area contributed by atoms with Crippen LogP contribution >= 0.6 is 11.6 Å². The monoisotopic (exact) mass is 384 g/mol. The first-order valence-corrected chi connectivity index (χ1v) is 10.6. The van der Waals surface area contributed by atoms with Gasteiger partial charge in [-0.25, -0.2) is 0 Å². The standard InChI is InChI=1S/C18H16.C9H9Cl/c1-3-7-15-13(5-1)9-11-18-16-8-4-2-6-14(16)10-12-17(15)18;10-8-4-7-9-5-2-1-3-6-9/h1,3,5,7,9-12H,2,4,6,8H2;1-7H,8H2. The molecular weight excluding hydrogens is 360 g/mol. The molecule has 0 nitrogen and oxygen atoms in total. The van der Waals surface area contributed by atoms with Crippen LogP contribution in [0.3, 0.4) is 0 Å². The third kappa shape index (κ3) is 4.13. The fourth-order valence-electron chi connectivity index (χ4n) is 4.09. The van der Waals surface area contributed by atoms with E-state index in [1.807, 2.05) is 42.5 Å². The lowest BCUT2D eigenvalue weighted by molar-refractivity contribution is 0.690. The molecule has 0 saturated carbocycles. The molecule has 0 bridgehead atoms. The highest BCUT2D eigenvalue weighted by atomic mass is 35.5. The molecule has 0 heterocycles. The zero-order chi connectivity index (χ0) is 19.2. The van der Waals surface area contributed by atoms with Gasteiger partial charge in [0, 0.05) is 5.88 Å². The Bertz CT molecular complexity index is 1090. The smallest absolute Gasteiger partial charge is 0.0407 e. The van der Waals surface area contributed by atoms with Crippen molar-refractivity contribution < 1.29 is 0 Å². The topological polar surface area (TPSA) is 0 Å². The van der Waals surface area contributed by atoms with Crippen LogP contribution in [0.2, 0.25) is 0 Å². The molecule has 0 amide bonds. The Kier molecular flexibility index (Phi) is 6.09. The molecule has 140 valence electrons. The van der Waals surface area contributed by atoms with Crippen LogP contribution in [0.25, 0.3) is 27.6 Å². The normalized spacial score (nSPS) is 13.3. The lowest BCUT2D eigenvalue weighted by Crippen LogP contribution is -2.02. The molecule has 0 unspecified atom stereocenters. The molecule has 1 heteroatoms. The molecule has 5 rings (SSSR count). The van der Waals surface area contributed by atoms with Crippen LogP contribution in [-0.2, 0) is 12.8 Å². The summed E-state index contributed by atoms with van der Waals surface area (Å²) in [5.74, 6) is 0.578. The van der Waals surface area contributed by atoms with Gasteiger partial charge in [-0.2, -0.15) is 0 Å². The van der Waals surface area contributed by atoms with Crippen molar-refractivity contribution in [2.45, 2.75) is 25.7 Å². The van der Waals surface area contributed by atoms with Gasteiger partial charge in [0.2, 0.25) is 0 Å². The van der Waals surface area contributed by atoms with Crippen LogP contribution in [-0.4, -0.2) is 5.88 Å². The van der Waals surface area contributed by atoms with Crippen molar-refractivity contribution in [2.75, 3.05) is 5.88 Å². The summed E-state index contributed by atoms with van der Waals surface area (Å²) >= 11 is 5.46. The Morgan fingerprint density at radius 3 is 2.29 bits per heavy atom. The average Bonchev–Trinajstić information content (AvgIpc) is 2.78. The van der Waals surface area contributed by atoms with Crippen LogP contribution in [0.1, 0.15) is 29.5 Å². The molecule has 4 aromatic rings. The van der Waals surface area contributed by atoms with Crippen molar-refractivity contribution in [2.24, 2.45) is 0 Å². The maximum Gasteiger partial charge on any atom is 0.0407 e. The second-order valence-electron chi connectivity index (χ2n) is 7.26. The first kappa shape index (κ1) is 18.8. The number of allylic oxidation sites excluding steroid dienone is 1. The van der Waals surface area contributed by atoms with Crippen molar-refractivity contribution >= 4 is 39.2 Å². The molecule has 0 atom stereocenters. The predicted molar refractivity (Wildman–Crippen MR) is 124 cm³/mol. The van der Waals surface area contributed by atoms with Crippen LogP contribution in [0.15, 0.2) is 84.9 Å². The van der Waals surface area contributed by atoms with E-state index in [0.717, 1.165) is 0 Å². The fourth-order valence-corrected chi connectivity index (χ4v) is 4.18. The molecule has 28 heavy (non-hydrogen) atoms. The lowest BCUT2D eigenvalue weighted by atomic mass is 9.86. The number of benzene rings is 4. The number of halogens is 1. The van der Waals surface area contributed by atoms with Crippen LogP contribution in [0.5, 0.6) is 0 Å². The van der Waals surface area contributed by atoms with E-state index in [0.29, 0.717) is 5.88 Å². The molecule has 1 aliphatic carbocycles. The Morgan fingerprint density at radius 2 is 1.43 bits per heavy atom. The summed E-state index contributed by atoms with van der Waals surface area (Å²) in [4.78, 5) is 0. The molecule has 4 aromatic carbocycles. The lowest BCUT2D eigenvalue weighted by Gasteiger charge is -2.18. The first-order chi connectivity index (χ1) is 13.9. The van der Waals surface area contributed by atoms with Crippen LogP contribution in [0.4, 0.5) is 0 Å². The van der Waals surface area contributed by atoms with E-state index < -0.39 is 0 Å². The molecule has 0 radical (unpaired) electrons. The van der Waals surface area contributed by atoms with Crippen molar-refractivity contribution in [3.63, 3.8) is 0 Å². The minimum Gasteiger partial charge on any atom is -0.122 e. The zero-order valence-electron chi connectivity index (χ0n) is 16.1. The summed E-state index contributed by atoms with van der Waals surface area (Å²) in [5, 5.41) is 5.64. The minimum atomic E-state index is 0.578. The number of alkyl halides is 1. The van der Waals surface area contributed by atoms with Gasteiger partial charge >= 0.3 is 0 Å². The fraction of sp³-hybridized carbons (Fsp3) is 0.185. The van der Waals surface area contributed by atoms with Gasteiger partial charge in [0.1, 0.15) is 0 Å². The quantitative estimate of drug-likeness (QED) is 0.244. The van der Waals surface area contributed by atoms with E-state index in [1.165, 1.54) is 52.8 Å². The third-order valence-electron chi connectivity index (χ3n) is 5.46. The van der Waals surface area contributed by atoms with Gasteiger partial charge in [-0.1, -0.05) is 91.0 Å². The van der Waals surface area contributed by atoms with Gasteiger partial charge < -0.3 is 0 Å². The van der Waals surface area contributed by atoms with Gasteiger partial charge in [0.05, 0.1) is 0 Å². The predicted octanol–water partition coefficient (Wildman–Crippen LogP) is 7.81. The molecule has 0 N–H and O–H groups in total. The van der Waals surface area contributed by atoms with Crippen molar-refractivity contribution in [3.8, 4) is 0 Å². The first-order valence-electron chi connectivity index (χ1n) is 10.1. The van der Waals surface area contributed by atoms with E-state index in [9.17, 15) is 0 Å². The van der Waals surface area contributed by atoms with Gasteiger partial charge in [-0.3, -0.25) is 0 Å². The minimum absolute atomic E-state index is 0.578. The number of fused-ring (bicyclic) bond motifs is 5. The van der Waals surface area contributed by atoms with E-state index in [2.05, 4.69) is 48.5 Å². The van der Waals surface area contributed by atoms with Gasteiger partial charge in [0.25, 0.3) is 0 Å². The second kappa shape index (κ2) is 9.08. The maximum atomic E-state index is 5.46. The summed E-state index contributed by atoms with van der Waals surface area (Å²) in [5.41, 5.74) is 4.37. The van der Waals surface area contributed by atoms with Crippen LogP contribution < -0.4 is 0 Å². The van der Waals surface area contributed by atoms with E-state index >= 15 is 0 Å². The number of hydrogen-bond donors (Lipinski definition) is 0. The Morgan fingerprint density at radius 1 is 0.679 bits per heavy atom. The van der Waals surface area contributed by atoms with Gasteiger partial charge in [-0.05, 0) is 63.9 Å². The summed E-state index contributed by atoms with van der Waals surface area (Å²) in [7, 11) is 0. The van der Waals surface area contributed by atoms with E-state index in [4.69, 9.17) is 11.6 Å². The summed E-state index contributed by atoms with van der Waals surface area (Å²) < 4.78 is 0. The highest BCUT2D eigenvalue weighted by Crippen LogP contribution is 2.33. The molecule has 0 aliphatic heterocycles. The third-order valence-corrected chi connectivity index (χ3v) is 5.63. The van der Waals surface area contributed by atoms with Crippen LogP contribution in [0, 0.1) is 0 Å². The molecule has 0 aromatic heterocycles. The van der Waals surface area contributed by atoms with Gasteiger partial charge in [0.15, 0.2) is 0 Å². The highest BCUT2D eigenvalue weighted by Gasteiger charge is 2.13. The van der Waals surface area contributed by atoms with Crippen molar-refractivity contribution in [3.05, 3.63) is 102 Å². The van der Waals surface area contributed by atoms with Crippen molar-refractivity contribution in [1.29, 1.82) is 0 Å². The Balaban J connectivity index is 0.000000165. The second-order valence-corrected chi connectivity index (χ2v) is 7.57. The van der Waals surface area contributed by atoms with Gasteiger partial charge in [-0.15, -0.1) is 11.6 Å². The summed E-state index contributed by atoms with van der Waals surface area (Å²) in [6.07, 6.45) is 9.15. The van der Waals surface area contributed by atoms with Crippen molar-refractivity contribution in [1.82, 2.24) is 0 Å². The number of hydrogen-bond acceptors (Lipinski definition) is 0. The molecular formula is C27H25Cl. The largest absolute Gasteiger partial charge is 0.122 e. The molecule has 0 fully saturated rings. The molecule has 0 spiro atoms. The Hall–Kier alpha value is -2.57. The highest BCUT2D eigenvalue weighted by molar-refractivity contribution is 6.19. The van der Waals surface area contributed by atoms with E-state index in [1.54, 1.807) is 11.1 Å². The number of rotatable bonds is 2. The summed E-state index contributed by atoms with van der Waals surface area (Å²) in [6, 6.07) is 28.1. The zero-order valence-corrected chi connectivity index (χ0v) is 16.8. The molecule has 1 aliphatic rings. The van der Waals surface area contributed by atoms with E-state index in [-0.39, 0.29) is 0 Å². The summed E-state index contributed by atoms with van der Waals surface area (Å²) in [6.45, 7) is 0. The molecule has 0 saturated heterocycles. The number of aryl methyl sites for hydroxylation is 2. The maximum absolute atomic E-state index is 5.46.